The quantitative estimate of drug-likeness (QED) is 0.568. The molecule has 1 aliphatic heterocycles. The summed E-state index contributed by atoms with van der Waals surface area (Å²) >= 11 is 7.79. The molecule has 27 heavy (non-hydrogen) atoms. The van der Waals surface area contributed by atoms with Crippen molar-refractivity contribution < 1.29 is 13.2 Å². The lowest BCUT2D eigenvalue weighted by Gasteiger charge is -2.31. The van der Waals surface area contributed by atoms with E-state index in [0.717, 1.165) is 48.4 Å². The highest BCUT2D eigenvalue weighted by atomic mass is 35.5. The van der Waals surface area contributed by atoms with Crippen LogP contribution < -0.4 is 4.90 Å². The maximum absolute atomic E-state index is 12.7. The Kier molecular flexibility index (Phi) is 4.86. The molecule has 1 saturated heterocycles. The number of alkyl halides is 3. The average molecular weight is 413 g/mol. The summed E-state index contributed by atoms with van der Waals surface area (Å²) in [5, 5.41) is 7.24. The van der Waals surface area contributed by atoms with Crippen LogP contribution in [-0.4, -0.2) is 27.9 Å². The number of thiazole rings is 1. The molecule has 1 aliphatic rings. The zero-order valence-corrected chi connectivity index (χ0v) is 15.7. The largest absolute Gasteiger partial charge is 0.435 e. The number of rotatable bonds is 3. The van der Waals surface area contributed by atoms with Crippen LogP contribution in [0.3, 0.4) is 0 Å². The monoisotopic (exact) mass is 412 g/mol. The second kappa shape index (κ2) is 7.16. The number of anilines is 1. The number of hydrogen-bond donors (Lipinski definition) is 0. The van der Waals surface area contributed by atoms with E-state index in [4.69, 9.17) is 11.6 Å². The first-order valence-electron chi connectivity index (χ1n) is 8.49. The highest BCUT2D eigenvalue weighted by Gasteiger charge is 2.34. The van der Waals surface area contributed by atoms with Gasteiger partial charge in [-0.1, -0.05) is 29.8 Å². The van der Waals surface area contributed by atoms with E-state index in [1.54, 1.807) is 11.3 Å². The van der Waals surface area contributed by atoms with E-state index in [9.17, 15) is 13.2 Å². The third-order valence-electron chi connectivity index (χ3n) is 4.65. The van der Waals surface area contributed by atoms with Crippen LogP contribution in [0.1, 0.15) is 24.6 Å². The Balaban J connectivity index is 1.43. The lowest BCUT2D eigenvalue weighted by Crippen LogP contribution is -2.34. The molecule has 0 spiro atoms. The number of nitrogens with zero attached hydrogens (tertiary/aromatic N) is 4. The molecule has 0 aliphatic carbocycles. The predicted molar refractivity (Wildman–Crippen MR) is 100 cm³/mol. The molecule has 0 bridgehead atoms. The first-order valence-corrected chi connectivity index (χ1v) is 9.75. The van der Waals surface area contributed by atoms with Crippen molar-refractivity contribution in [2.75, 3.05) is 18.0 Å². The van der Waals surface area contributed by atoms with E-state index in [2.05, 4.69) is 15.0 Å². The van der Waals surface area contributed by atoms with Crippen LogP contribution in [0.25, 0.3) is 11.3 Å². The summed E-state index contributed by atoms with van der Waals surface area (Å²) in [6.07, 6.45) is -1.54. The first-order chi connectivity index (χ1) is 12.9. The number of piperidine rings is 1. The molecule has 0 N–H and O–H groups in total. The highest BCUT2D eigenvalue weighted by Crippen LogP contribution is 2.34. The van der Waals surface area contributed by atoms with Crippen LogP contribution in [0.4, 0.5) is 18.3 Å². The molecule has 1 fully saturated rings. The summed E-state index contributed by atoms with van der Waals surface area (Å²) in [4.78, 5) is 6.85. The Morgan fingerprint density at radius 3 is 2.52 bits per heavy atom. The van der Waals surface area contributed by atoms with Gasteiger partial charge in [0, 0.05) is 35.3 Å². The Labute approximate surface area is 163 Å². The fourth-order valence-electron chi connectivity index (χ4n) is 3.22. The summed E-state index contributed by atoms with van der Waals surface area (Å²) in [6.45, 7) is 1.45. The number of hydrogen-bond acceptors (Lipinski definition) is 4. The molecule has 3 heterocycles. The van der Waals surface area contributed by atoms with Crippen LogP contribution in [0.5, 0.6) is 0 Å². The molecule has 4 rings (SSSR count). The van der Waals surface area contributed by atoms with Crippen LogP contribution in [0.2, 0.25) is 5.02 Å². The van der Waals surface area contributed by atoms with Gasteiger partial charge >= 0.3 is 6.18 Å². The van der Waals surface area contributed by atoms with Gasteiger partial charge in [-0.15, -0.1) is 11.3 Å². The smallest absolute Gasteiger partial charge is 0.348 e. The molecule has 1 aromatic carbocycles. The fraction of sp³-hybridized carbons (Fsp3) is 0.333. The summed E-state index contributed by atoms with van der Waals surface area (Å²) in [6, 6.07) is 8.57. The SMILES string of the molecule is FC(F)(F)c1ccn(C2CCN(c3nc(-c4ccccc4Cl)cs3)CC2)n1. The van der Waals surface area contributed by atoms with Crippen molar-refractivity contribution in [3.63, 3.8) is 0 Å². The van der Waals surface area contributed by atoms with Crippen molar-refractivity contribution in [2.45, 2.75) is 25.1 Å². The van der Waals surface area contributed by atoms with Gasteiger partial charge in [-0.05, 0) is 25.0 Å². The van der Waals surface area contributed by atoms with Crippen LogP contribution >= 0.6 is 22.9 Å². The molecular formula is C18H16ClF3N4S. The summed E-state index contributed by atoms with van der Waals surface area (Å²) in [7, 11) is 0. The average Bonchev–Trinajstić information content (AvgIpc) is 3.32. The van der Waals surface area contributed by atoms with Gasteiger partial charge in [0.25, 0.3) is 0 Å². The maximum Gasteiger partial charge on any atom is 0.435 e. The Hall–Kier alpha value is -2.06. The van der Waals surface area contributed by atoms with Crippen molar-refractivity contribution in [1.82, 2.24) is 14.8 Å². The van der Waals surface area contributed by atoms with Gasteiger partial charge in [0.2, 0.25) is 0 Å². The lowest BCUT2D eigenvalue weighted by atomic mass is 10.1. The van der Waals surface area contributed by atoms with Gasteiger partial charge in [-0.3, -0.25) is 4.68 Å². The standard InChI is InChI=1S/C18H16ClF3N4S/c19-14-4-2-1-3-13(14)15-11-27-17(23-15)25-8-5-12(6-9-25)26-10-7-16(24-26)18(20,21)22/h1-4,7,10-12H,5-6,8-9H2. The summed E-state index contributed by atoms with van der Waals surface area (Å²) < 4.78 is 39.6. The molecule has 3 aromatic rings. The van der Waals surface area contributed by atoms with Crippen molar-refractivity contribution in [2.24, 2.45) is 0 Å². The molecule has 0 atom stereocenters. The van der Waals surface area contributed by atoms with Gasteiger partial charge in [0.05, 0.1) is 11.7 Å². The number of aromatic nitrogens is 3. The van der Waals surface area contributed by atoms with E-state index < -0.39 is 11.9 Å². The fourth-order valence-corrected chi connectivity index (χ4v) is 4.33. The van der Waals surface area contributed by atoms with Crippen molar-refractivity contribution >= 4 is 28.1 Å². The third kappa shape index (κ3) is 3.82. The molecule has 9 heteroatoms. The minimum atomic E-state index is -4.40. The molecule has 0 radical (unpaired) electrons. The molecule has 142 valence electrons. The van der Waals surface area contributed by atoms with E-state index in [-0.39, 0.29) is 6.04 Å². The van der Waals surface area contributed by atoms with Crippen LogP contribution in [0, 0.1) is 0 Å². The van der Waals surface area contributed by atoms with Crippen molar-refractivity contribution in [1.29, 1.82) is 0 Å². The molecule has 2 aromatic heterocycles. The van der Waals surface area contributed by atoms with Crippen LogP contribution in [-0.2, 0) is 6.18 Å². The highest BCUT2D eigenvalue weighted by molar-refractivity contribution is 7.14. The minimum Gasteiger partial charge on any atom is -0.348 e. The molecule has 0 unspecified atom stereocenters. The van der Waals surface area contributed by atoms with E-state index in [1.165, 1.54) is 10.9 Å². The number of benzene rings is 1. The lowest BCUT2D eigenvalue weighted by molar-refractivity contribution is -0.141. The second-order valence-electron chi connectivity index (χ2n) is 6.39. The molecule has 0 saturated carbocycles. The van der Waals surface area contributed by atoms with Crippen molar-refractivity contribution in [3.05, 3.63) is 52.6 Å². The minimum absolute atomic E-state index is 0.0275. The Morgan fingerprint density at radius 2 is 1.85 bits per heavy atom. The Morgan fingerprint density at radius 1 is 1.11 bits per heavy atom. The number of halogens is 4. The molecule has 0 amide bonds. The third-order valence-corrected chi connectivity index (χ3v) is 5.88. The van der Waals surface area contributed by atoms with Crippen LogP contribution in [0.15, 0.2) is 41.9 Å². The molecule has 4 nitrogen and oxygen atoms in total. The molecular weight excluding hydrogens is 397 g/mol. The first kappa shape index (κ1) is 18.3. The van der Waals surface area contributed by atoms with Gasteiger partial charge in [-0.2, -0.15) is 18.3 Å². The zero-order chi connectivity index (χ0) is 19.0. The summed E-state index contributed by atoms with van der Waals surface area (Å²) in [5.41, 5.74) is 0.895. The summed E-state index contributed by atoms with van der Waals surface area (Å²) in [5.74, 6) is 0. The normalized spacial score (nSPS) is 16.1. The van der Waals surface area contributed by atoms with E-state index in [0.29, 0.717) is 5.02 Å². The predicted octanol–water partition coefficient (Wildman–Crippen LogP) is 5.52. The zero-order valence-electron chi connectivity index (χ0n) is 14.2. The van der Waals surface area contributed by atoms with Gasteiger partial charge < -0.3 is 4.90 Å². The van der Waals surface area contributed by atoms with Gasteiger partial charge in [0.1, 0.15) is 0 Å². The van der Waals surface area contributed by atoms with E-state index in [1.807, 2.05) is 29.6 Å². The van der Waals surface area contributed by atoms with Crippen molar-refractivity contribution in [3.8, 4) is 11.3 Å². The second-order valence-corrected chi connectivity index (χ2v) is 7.64. The van der Waals surface area contributed by atoms with Gasteiger partial charge in [0.15, 0.2) is 10.8 Å². The topological polar surface area (TPSA) is 34.0 Å². The maximum atomic E-state index is 12.7. The van der Waals surface area contributed by atoms with E-state index >= 15 is 0 Å². The Bertz CT molecular complexity index is 929. The van der Waals surface area contributed by atoms with Gasteiger partial charge in [-0.25, -0.2) is 4.98 Å².